The zero-order chi connectivity index (χ0) is 10.0. The summed E-state index contributed by atoms with van der Waals surface area (Å²) in [5.41, 5.74) is 0. The van der Waals surface area contributed by atoms with E-state index in [2.05, 4.69) is 33.4 Å². The summed E-state index contributed by atoms with van der Waals surface area (Å²) in [6.45, 7) is 21.2. The quantitative estimate of drug-likeness (QED) is 0.116. The first kappa shape index (κ1) is 136. The minimum absolute atomic E-state index is 0. The fraction of sp³-hybridized carbons (Fsp3) is 0. The Labute approximate surface area is 128 Å². The topological polar surface area (TPSA) is 160 Å². The molecule has 0 aliphatic rings. The van der Waals surface area contributed by atoms with Gasteiger partial charge < -0.3 is 42.7 Å². The predicted molar refractivity (Wildman–Crippen MR) is 47.2 cm³/mol. The minimum Gasteiger partial charge on any atom is -0.813 e. The van der Waals surface area contributed by atoms with Gasteiger partial charge in [0.15, 0.2) is 0 Å². The standard InChI is InChI=1S/CHO.4CO.2Fe.2H2O.2H2S/c5*1-2;;;;;;/h1H;;;;;;;4*1H2/q-1;;;;;+2;+5;;;;/p-2. The maximum atomic E-state index is 7.75. The average Bonchev–Trinajstić information content (AvgIpc) is 2.20. The normalized spacial score (nSPS) is 0.750. The molecule has 0 atom stereocenters. The van der Waals surface area contributed by atoms with Crippen LogP contribution in [0.15, 0.2) is 0 Å². The van der Waals surface area contributed by atoms with Crippen molar-refractivity contribution in [2.24, 2.45) is 0 Å². The molecule has 0 fully saturated rings. The van der Waals surface area contributed by atoms with Crippen molar-refractivity contribution >= 4 is 33.8 Å². The van der Waals surface area contributed by atoms with E-state index in [1.54, 1.807) is 0 Å². The van der Waals surface area contributed by atoms with Crippen molar-refractivity contribution < 1.29 is 68.5 Å². The summed E-state index contributed by atoms with van der Waals surface area (Å²) in [6, 6.07) is 0. The molecule has 7 nitrogen and oxygen atoms in total. The van der Waals surface area contributed by atoms with Crippen LogP contribution in [0.3, 0.4) is 0 Å². The van der Waals surface area contributed by atoms with Crippen LogP contribution in [0.4, 0.5) is 0 Å². The van der Waals surface area contributed by atoms with Gasteiger partial charge in [0.1, 0.15) is 0 Å². The van der Waals surface area contributed by atoms with Crippen molar-refractivity contribution in [3.8, 4) is 0 Å². The molecule has 0 aliphatic carbocycles. The Bertz CT molecular complexity index is 81.9. The van der Waals surface area contributed by atoms with Crippen LogP contribution in [0.1, 0.15) is 0 Å². The van der Waals surface area contributed by atoms with E-state index < -0.39 is 0 Å². The number of hydrogen-bond acceptors (Lipinski definition) is 3. The van der Waals surface area contributed by atoms with Crippen LogP contribution in [0, 0.1) is 26.6 Å². The van der Waals surface area contributed by atoms with Gasteiger partial charge in [-0.25, -0.2) is 0 Å². The monoisotopic (exact) mass is 355 g/mol. The van der Waals surface area contributed by atoms with Crippen LogP contribution in [-0.2, 0) is 84.5 Å². The average molecular weight is 355 g/mol. The third kappa shape index (κ3) is 30200. The van der Waals surface area contributed by atoms with Crippen LogP contribution in [0.25, 0.3) is 0 Å². The van der Waals surface area contributed by atoms with Crippen molar-refractivity contribution in [3.05, 3.63) is 26.6 Å². The Hall–Kier alpha value is 0.289. The molecule has 0 spiro atoms. The molecule has 0 rings (SSSR count). The number of carbonyl (C=O) groups excluding carboxylic acids is 1. The van der Waals surface area contributed by atoms with Crippen LogP contribution < -0.4 is 0 Å². The summed E-state index contributed by atoms with van der Waals surface area (Å²) in [5, 5.41) is 0. The van der Waals surface area contributed by atoms with E-state index in [4.69, 9.17) is 23.4 Å². The number of thiol groups is 2. The summed E-state index contributed by atoms with van der Waals surface area (Å²) < 4.78 is 30.0. The molecule has 0 amide bonds. The van der Waals surface area contributed by atoms with Gasteiger partial charge >= 0.3 is 79.3 Å². The molecule has 0 aromatic carbocycles. The Kier molecular flexibility index (Phi) is 318000. The van der Waals surface area contributed by atoms with Gasteiger partial charge in [-0.15, -0.1) is 0 Å². The Balaban J connectivity index is -0.00000000198. The predicted octanol–water partition coefficient (Wildman–Crippen LogP) is -2.62. The molecule has 0 aromatic rings. The Morgan fingerprint density at radius 1 is 0.625 bits per heavy atom. The largest absolute Gasteiger partial charge is 5.00 e. The zero-order valence-electron chi connectivity index (χ0n) is 7.22. The molecule has 1 radical (unpaired) electrons. The van der Waals surface area contributed by atoms with Crippen molar-refractivity contribution in [1.82, 2.24) is 0 Å². The van der Waals surface area contributed by atoms with Crippen molar-refractivity contribution in [3.63, 3.8) is 0 Å². The summed E-state index contributed by atoms with van der Waals surface area (Å²) in [4.78, 5) is 7.75. The second-order valence-corrected chi connectivity index (χ2v) is 0. The molecule has 0 saturated heterocycles. The van der Waals surface area contributed by atoms with E-state index >= 15 is 0 Å². The summed E-state index contributed by atoms with van der Waals surface area (Å²) in [7, 11) is 0. The fourth-order valence-electron chi connectivity index (χ4n) is 0. The fourth-order valence-corrected chi connectivity index (χ4v) is 0. The van der Waals surface area contributed by atoms with Crippen LogP contribution >= 0.6 is 0 Å². The smallest absolute Gasteiger partial charge is 0.813 e. The number of hydrogen-bond donors (Lipinski definition) is 0. The molecule has 0 heterocycles. The molecule has 0 unspecified atom stereocenters. The number of rotatable bonds is 0. The van der Waals surface area contributed by atoms with Crippen molar-refractivity contribution in [1.29, 1.82) is 0 Å². The SMILES string of the molecule is O.O.[C-]#[O+].[C-]#[O+].[C-]#[O+].[C-]#[O+].[CH-]=O.[Fe+2].[Fe+5].[SH-].[SH-]. The van der Waals surface area contributed by atoms with Crippen LogP contribution in [0.5, 0.6) is 0 Å². The third-order valence-electron chi connectivity index (χ3n) is 0. The Morgan fingerprint density at radius 3 is 0.625 bits per heavy atom. The van der Waals surface area contributed by atoms with Gasteiger partial charge in [-0.2, -0.15) is 0 Å². The molecule has 93 valence electrons. The van der Waals surface area contributed by atoms with Crippen molar-refractivity contribution in [2.45, 2.75) is 0 Å². The van der Waals surface area contributed by atoms with Gasteiger partial charge in [-0.1, -0.05) is 0 Å². The van der Waals surface area contributed by atoms with E-state index in [9.17, 15) is 0 Å². The van der Waals surface area contributed by atoms with Gasteiger partial charge in [-0.05, 0) is 0 Å². The van der Waals surface area contributed by atoms with Gasteiger partial charge in [0.2, 0.25) is 0 Å². The first-order valence-electron chi connectivity index (χ1n) is 1.05. The molecular formula is C5H7Fe2O7S2+4. The van der Waals surface area contributed by atoms with Gasteiger partial charge in [0, 0.05) is 0 Å². The first-order chi connectivity index (χ1) is 5.00. The minimum atomic E-state index is 0. The third-order valence-corrected chi connectivity index (χ3v) is 0. The maximum Gasteiger partial charge on any atom is 5.00 e. The van der Waals surface area contributed by atoms with Crippen LogP contribution in [-0.4, -0.2) is 17.7 Å². The summed E-state index contributed by atoms with van der Waals surface area (Å²) in [5.74, 6) is 0. The summed E-state index contributed by atoms with van der Waals surface area (Å²) >= 11 is 0. The molecule has 0 saturated carbocycles. The second-order valence-electron chi connectivity index (χ2n) is 0. The Morgan fingerprint density at radius 2 is 0.625 bits per heavy atom. The molecule has 0 aromatic heterocycles. The van der Waals surface area contributed by atoms with Crippen LogP contribution in [0.2, 0.25) is 0 Å². The molecule has 0 aliphatic heterocycles. The second kappa shape index (κ2) is 37400. The van der Waals surface area contributed by atoms with Gasteiger partial charge in [0.05, 0.1) is 0 Å². The van der Waals surface area contributed by atoms with Crippen molar-refractivity contribution in [2.75, 3.05) is 0 Å². The van der Waals surface area contributed by atoms with E-state index in [0.717, 1.165) is 0 Å². The molecule has 0 bridgehead atoms. The van der Waals surface area contributed by atoms with E-state index in [1.807, 2.05) is 0 Å². The van der Waals surface area contributed by atoms with E-state index in [0.29, 0.717) is 0 Å². The van der Waals surface area contributed by atoms with Gasteiger partial charge in [-0.3, -0.25) is 6.79 Å². The summed E-state index contributed by atoms with van der Waals surface area (Å²) in [6.07, 6.45) is 0. The molecule has 11 heteroatoms. The molecule has 4 N–H and O–H groups in total. The van der Waals surface area contributed by atoms with E-state index in [-0.39, 0.29) is 72.1 Å². The first-order valence-corrected chi connectivity index (χ1v) is 1.05. The zero-order valence-corrected chi connectivity index (χ0v) is 11.2. The molecule has 16 heavy (non-hydrogen) atoms. The molecular weight excluding hydrogens is 348 g/mol. The van der Waals surface area contributed by atoms with E-state index in [1.165, 1.54) is 0 Å². The van der Waals surface area contributed by atoms with Gasteiger partial charge in [0.25, 0.3) is 0 Å². The maximum absolute atomic E-state index is 7.75.